The molecule has 0 spiro atoms. The van der Waals surface area contributed by atoms with E-state index >= 15 is 0 Å². The number of anilines is 1. The lowest BCUT2D eigenvalue weighted by Crippen LogP contribution is -2.29. The molecule has 2 aromatic rings. The number of carbonyl (C=O) groups excluding carboxylic acids is 3. The van der Waals surface area contributed by atoms with Gasteiger partial charge in [-0.3, -0.25) is 9.59 Å². The van der Waals surface area contributed by atoms with Crippen LogP contribution in [0.2, 0.25) is 0 Å². The molecule has 0 atom stereocenters. The number of amides is 2. The summed E-state index contributed by atoms with van der Waals surface area (Å²) in [6.07, 6.45) is 2.38. The van der Waals surface area contributed by atoms with Crippen molar-refractivity contribution in [2.75, 3.05) is 4.90 Å². The van der Waals surface area contributed by atoms with E-state index in [1.165, 1.54) is 60.7 Å². The Bertz CT molecular complexity index is 807. The van der Waals surface area contributed by atoms with Crippen LogP contribution in [0.15, 0.2) is 60.7 Å². The fourth-order valence-electron chi connectivity index (χ4n) is 2.21. The van der Waals surface area contributed by atoms with Gasteiger partial charge in [-0.25, -0.2) is 14.1 Å². The Morgan fingerprint density at radius 1 is 0.917 bits per heavy atom. The van der Waals surface area contributed by atoms with Crippen LogP contribution in [0.25, 0.3) is 0 Å². The van der Waals surface area contributed by atoms with Crippen LogP contribution >= 0.6 is 0 Å². The number of nitrogens with zero attached hydrogens (tertiary/aromatic N) is 1. The Labute approximate surface area is 137 Å². The van der Waals surface area contributed by atoms with Crippen molar-refractivity contribution in [3.8, 4) is 5.75 Å². The normalized spacial score (nSPS) is 13.5. The third kappa shape index (κ3) is 3.08. The van der Waals surface area contributed by atoms with E-state index in [4.69, 9.17) is 4.74 Å². The van der Waals surface area contributed by atoms with Gasteiger partial charge in [0, 0.05) is 12.2 Å². The Kier molecular flexibility index (Phi) is 4.20. The fourth-order valence-corrected chi connectivity index (χ4v) is 2.21. The van der Waals surface area contributed by atoms with Crippen LogP contribution in [-0.4, -0.2) is 17.8 Å². The molecule has 6 heteroatoms. The molecule has 120 valence electrons. The number of ether oxygens (including phenoxy) is 1. The first-order valence-electron chi connectivity index (χ1n) is 7.12. The van der Waals surface area contributed by atoms with E-state index in [2.05, 4.69) is 0 Å². The number of rotatable bonds is 4. The van der Waals surface area contributed by atoms with Gasteiger partial charge in [0.15, 0.2) is 0 Å². The quantitative estimate of drug-likeness (QED) is 0.493. The largest absolute Gasteiger partial charge is 0.423 e. The van der Waals surface area contributed by atoms with Crippen LogP contribution in [0.1, 0.15) is 15.9 Å². The van der Waals surface area contributed by atoms with Gasteiger partial charge in [0.05, 0.1) is 11.3 Å². The number of halogens is 1. The topological polar surface area (TPSA) is 63.7 Å². The highest BCUT2D eigenvalue weighted by Gasteiger charge is 2.24. The molecule has 0 radical (unpaired) electrons. The minimum Gasteiger partial charge on any atom is -0.423 e. The zero-order valence-electron chi connectivity index (χ0n) is 12.4. The molecule has 2 amide bonds. The second-order valence-electron chi connectivity index (χ2n) is 5.06. The van der Waals surface area contributed by atoms with E-state index in [0.717, 1.165) is 4.90 Å². The zero-order valence-corrected chi connectivity index (χ0v) is 12.4. The number of alkyl halides is 1. The molecule has 24 heavy (non-hydrogen) atoms. The number of esters is 1. The van der Waals surface area contributed by atoms with Crippen molar-refractivity contribution in [3.05, 3.63) is 71.8 Å². The highest BCUT2D eigenvalue weighted by atomic mass is 19.1. The van der Waals surface area contributed by atoms with Crippen LogP contribution in [-0.2, 0) is 16.3 Å². The number of imide groups is 1. The summed E-state index contributed by atoms with van der Waals surface area (Å²) in [7, 11) is 0. The molecule has 2 aromatic carbocycles. The predicted octanol–water partition coefficient (Wildman–Crippen LogP) is 2.80. The molecule has 1 heterocycles. The van der Waals surface area contributed by atoms with Gasteiger partial charge >= 0.3 is 5.97 Å². The molecule has 0 fully saturated rings. The molecular weight excluding hydrogens is 313 g/mol. The van der Waals surface area contributed by atoms with E-state index < -0.39 is 24.5 Å². The van der Waals surface area contributed by atoms with Crippen LogP contribution in [0, 0.1) is 0 Å². The summed E-state index contributed by atoms with van der Waals surface area (Å²) in [6, 6.07) is 12.0. The summed E-state index contributed by atoms with van der Waals surface area (Å²) in [4.78, 5) is 36.2. The van der Waals surface area contributed by atoms with Crippen molar-refractivity contribution in [1.29, 1.82) is 0 Å². The summed E-state index contributed by atoms with van der Waals surface area (Å²) in [5, 5.41) is 0. The molecule has 0 bridgehead atoms. The first-order valence-corrected chi connectivity index (χ1v) is 7.12. The summed E-state index contributed by atoms with van der Waals surface area (Å²) < 4.78 is 17.7. The van der Waals surface area contributed by atoms with Crippen molar-refractivity contribution in [3.63, 3.8) is 0 Å². The average molecular weight is 325 g/mol. The number of hydrogen-bond donors (Lipinski definition) is 0. The van der Waals surface area contributed by atoms with Crippen LogP contribution in [0.5, 0.6) is 5.75 Å². The van der Waals surface area contributed by atoms with E-state index in [9.17, 15) is 18.8 Å². The Morgan fingerprint density at radius 2 is 1.50 bits per heavy atom. The Morgan fingerprint density at radius 3 is 2.04 bits per heavy atom. The summed E-state index contributed by atoms with van der Waals surface area (Å²) >= 11 is 0. The van der Waals surface area contributed by atoms with E-state index in [1.807, 2.05) is 0 Å². The van der Waals surface area contributed by atoms with E-state index in [-0.39, 0.29) is 5.75 Å². The maximum Gasteiger partial charge on any atom is 0.343 e. The van der Waals surface area contributed by atoms with Gasteiger partial charge in [-0.05, 0) is 42.0 Å². The average Bonchev–Trinajstić information content (AvgIpc) is 2.94. The number of carbonyl (C=O) groups is 3. The lowest BCUT2D eigenvalue weighted by molar-refractivity contribution is -0.119. The minimum atomic E-state index is -0.598. The molecule has 0 aliphatic carbocycles. The predicted molar refractivity (Wildman–Crippen MR) is 84.3 cm³/mol. The van der Waals surface area contributed by atoms with Crippen LogP contribution in [0.4, 0.5) is 10.1 Å². The third-order valence-corrected chi connectivity index (χ3v) is 3.46. The molecule has 0 saturated heterocycles. The molecule has 0 N–H and O–H groups in total. The maximum absolute atomic E-state index is 12.5. The lowest BCUT2D eigenvalue weighted by Gasteiger charge is -2.14. The van der Waals surface area contributed by atoms with Crippen molar-refractivity contribution < 1.29 is 23.5 Å². The van der Waals surface area contributed by atoms with Gasteiger partial charge in [-0.2, -0.15) is 0 Å². The highest BCUT2D eigenvalue weighted by molar-refractivity contribution is 6.28. The summed E-state index contributed by atoms with van der Waals surface area (Å²) in [6.45, 7) is -0.598. The van der Waals surface area contributed by atoms with Gasteiger partial charge < -0.3 is 4.74 Å². The SMILES string of the molecule is O=C(Oc1ccc(N2C(=O)C=CC2=O)cc1)c1ccc(CF)cc1. The smallest absolute Gasteiger partial charge is 0.343 e. The highest BCUT2D eigenvalue weighted by Crippen LogP contribution is 2.23. The monoisotopic (exact) mass is 325 g/mol. The van der Waals surface area contributed by atoms with Gasteiger partial charge in [0.2, 0.25) is 0 Å². The zero-order chi connectivity index (χ0) is 17.1. The molecule has 0 aromatic heterocycles. The van der Waals surface area contributed by atoms with Gasteiger partial charge in [0.25, 0.3) is 11.8 Å². The van der Waals surface area contributed by atoms with Crippen molar-refractivity contribution in [1.82, 2.24) is 0 Å². The first-order chi connectivity index (χ1) is 11.6. The molecular formula is C18H12FNO4. The summed E-state index contributed by atoms with van der Waals surface area (Å²) in [5.41, 5.74) is 1.16. The maximum atomic E-state index is 12.5. The second kappa shape index (κ2) is 6.45. The number of benzene rings is 2. The molecule has 0 unspecified atom stereocenters. The Hall–Kier alpha value is -3.28. The van der Waals surface area contributed by atoms with Crippen molar-refractivity contribution in [2.24, 2.45) is 0 Å². The number of hydrogen-bond acceptors (Lipinski definition) is 4. The summed E-state index contributed by atoms with van der Waals surface area (Å²) in [5.74, 6) is -1.15. The molecule has 3 rings (SSSR count). The van der Waals surface area contributed by atoms with Gasteiger partial charge in [0.1, 0.15) is 12.4 Å². The lowest BCUT2D eigenvalue weighted by atomic mass is 10.1. The van der Waals surface area contributed by atoms with Crippen LogP contribution in [0.3, 0.4) is 0 Å². The van der Waals surface area contributed by atoms with Gasteiger partial charge in [-0.15, -0.1) is 0 Å². The Balaban J connectivity index is 1.70. The van der Waals surface area contributed by atoms with Gasteiger partial charge in [-0.1, -0.05) is 12.1 Å². The molecule has 0 saturated carbocycles. The molecule has 1 aliphatic rings. The molecule has 5 nitrogen and oxygen atoms in total. The third-order valence-electron chi connectivity index (χ3n) is 3.46. The van der Waals surface area contributed by atoms with Crippen molar-refractivity contribution in [2.45, 2.75) is 6.67 Å². The second-order valence-corrected chi connectivity index (χ2v) is 5.06. The van der Waals surface area contributed by atoms with Crippen molar-refractivity contribution >= 4 is 23.5 Å². The molecule has 1 aliphatic heterocycles. The van der Waals surface area contributed by atoms with E-state index in [1.54, 1.807) is 0 Å². The van der Waals surface area contributed by atoms with E-state index in [0.29, 0.717) is 16.8 Å². The standard InChI is InChI=1S/C18H12FNO4/c19-11-12-1-3-13(4-2-12)18(23)24-15-7-5-14(6-8-15)20-16(21)9-10-17(20)22/h1-10H,11H2. The fraction of sp³-hybridized carbons (Fsp3) is 0.0556. The van der Waals surface area contributed by atoms with Crippen LogP contribution < -0.4 is 9.64 Å². The minimum absolute atomic E-state index is 0.269. The first kappa shape index (κ1) is 15.6.